The molecule has 4 fully saturated rings. The third kappa shape index (κ3) is 11.6. The molecule has 4 aromatic rings. The third-order valence-corrected chi connectivity index (χ3v) is 12.5. The lowest BCUT2D eigenvalue weighted by Gasteiger charge is -2.44. The number of benzene rings is 3. The van der Waals surface area contributed by atoms with Crippen LogP contribution in [0.2, 0.25) is 0 Å². The van der Waals surface area contributed by atoms with E-state index in [0.717, 1.165) is 30.3 Å². The van der Waals surface area contributed by atoms with Crippen molar-refractivity contribution in [2.45, 2.75) is 117 Å². The summed E-state index contributed by atoms with van der Waals surface area (Å²) in [4.78, 5) is 13.1. The number of hydrogen-bond donors (Lipinski definition) is 16. The Balaban J connectivity index is 1.06. The van der Waals surface area contributed by atoms with Gasteiger partial charge >= 0.3 is 17.3 Å². The minimum absolute atomic E-state index is 0.0119. The molecule has 0 saturated carbocycles. The first-order valence-corrected chi connectivity index (χ1v) is 22.8. The number of aliphatic hydroxyl groups is 13. The Labute approximate surface area is 417 Å². The van der Waals surface area contributed by atoms with Gasteiger partial charge in [-0.3, -0.25) is 0 Å². The fraction of sp³-hybridized carbons (Fsp3) is 0.489. The number of carbonyl (C=O) groups is 1. The standard InChI is InChI=1S/C47H54O27/c48-13-28-33(56)36(59)40(63)45(71-28)67-20-5-1-17(2-6-20)3-8-31(54)65-16-30-35(58)38(61)43(74-44-39(62)32(55)24(53)15-66-44)47(73-30)70-27-12-21-25(68-42(27)18-4-7-22(51)23(52)9-18)10-19(50)11-26(21)69-46-41(64)37(60)34(57)29(14-49)72-46/h1-12,24,28-30,32-41,43-49,53,55-64H,13-16H2,(H2-,50,51,52)/p+1/b8-3+/t24-,28?,29?,30?,32-,33-,34-,35-,36?,37?,38?,39?,40+,41+,43+,44+,45-,46-,47-/m1/s1. The highest BCUT2D eigenvalue weighted by atomic mass is 16.8. The molecule has 0 bridgehead atoms. The van der Waals surface area contributed by atoms with Crippen LogP contribution in [0.5, 0.6) is 34.5 Å². The van der Waals surface area contributed by atoms with E-state index in [9.17, 15) is 86.5 Å². The largest absolute Gasteiger partial charge is 0.507 e. The lowest BCUT2D eigenvalue weighted by atomic mass is 9.98. The van der Waals surface area contributed by atoms with Gasteiger partial charge < -0.3 is 124 Å². The van der Waals surface area contributed by atoms with Crippen LogP contribution in [-0.4, -0.2) is 231 Å². The van der Waals surface area contributed by atoms with Gasteiger partial charge in [0.2, 0.25) is 24.6 Å². The van der Waals surface area contributed by atoms with Gasteiger partial charge in [0, 0.05) is 24.3 Å². The van der Waals surface area contributed by atoms with E-state index in [1.165, 1.54) is 42.5 Å². The number of ether oxygens (including phenoxy) is 9. The van der Waals surface area contributed by atoms with E-state index in [-0.39, 0.29) is 33.8 Å². The van der Waals surface area contributed by atoms with E-state index in [1.807, 2.05) is 0 Å². The Morgan fingerprint density at radius 3 is 1.82 bits per heavy atom. The molecule has 0 radical (unpaired) electrons. The van der Waals surface area contributed by atoms with Gasteiger partial charge in [-0.2, -0.15) is 0 Å². The Hall–Kier alpha value is -5.64. The van der Waals surface area contributed by atoms with Gasteiger partial charge in [-0.05, 0) is 35.9 Å². The summed E-state index contributed by atoms with van der Waals surface area (Å²) in [6.07, 6.45) is -30.6. The van der Waals surface area contributed by atoms with Gasteiger partial charge in [0.25, 0.3) is 0 Å². The van der Waals surface area contributed by atoms with Crippen molar-refractivity contribution in [3.8, 4) is 45.8 Å². The summed E-state index contributed by atoms with van der Waals surface area (Å²) < 4.78 is 57.6. The first kappa shape index (κ1) is 54.6. The average Bonchev–Trinajstić information content (AvgIpc) is 3.38. The van der Waals surface area contributed by atoms with Crippen LogP contribution >= 0.6 is 0 Å². The zero-order valence-electron chi connectivity index (χ0n) is 38.4. The predicted octanol–water partition coefficient (Wildman–Crippen LogP) is -4.24. The molecule has 19 atom stereocenters. The molecule has 5 heterocycles. The molecule has 0 amide bonds. The predicted molar refractivity (Wildman–Crippen MR) is 240 cm³/mol. The highest BCUT2D eigenvalue weighted by Crippen LogP contribution is 2.44. The summed E-state index contributed by atoms with van der Waals surface area (Å²) >= 11 is 0. The van der Waals surface area contributed by atoms with Crippen LogP contribution in [0.3, 0.4) is 0 Å². The summed E-state index contributed by atoms with van der Waals surface area (Å²) in [5.74, 6) is -3.54. The number of carbonyl (C=O) groups excluding carboxylic acids is 1. The smallest absolute Gasteiger partial charge is 0.402 e. The first-order valence-electron chi connectivity index (χ1n) is 22.8. The summed E-state index contributed by atoms with van der Waals surface area (Å²) in [5.41, 5.74) is 0.220. The van der Waals surface area contributed by atoms with E-state index in [0.29, 0.717) is 5.56 Å². The summed E-state index contributed by atoms with van der Waals surface area (Å²) in [5, 5.41) is 167. The lowest BCUT2D eigenvalue weighted by Crippen LogP contribution is -2.64. The number of hydrogen-bond acceptors (Lipinski definition) is 26. The molecular formula is C47H55O27+. The molecule has 27 heteroatoms. The number of esters is 1. The summed E-state index contributed by atoms with van der Waals surface area (Å²) in [7, 11) is 0. The van der Waals surface area contributed by atoms with Gasteiger partial charge in [-0.15, -0.1) is 0 Å². The number of phenols is 3. The van der Waals surface area contributed by atoms with E-state index >= 15 is 0 Å². The van der Waals surface area contributed by atoms with E-state index < -0.39 is 172 Å². The molecule has 16 N–H and O–H groups in total. The van der Waals surface area contributed by atoms with E-state index in [2.05, 4.69) is 0 Å². The van der Waals surface area contributed by atoms with Crippen molar-refractivity contribution in [1.82, 2.24) is 0 Å². The summed E-state index contributed by atoms with van der Waals surface area (Å²) in [6, 6.07) is 12.6. The zero-order chi connectivity index (χ0) is 53.3. The molecule has 74 heavy (non-hydrogen) atoms. The fourth-order valence-corrected chi connectivity index (χ4v) is 8.31. The van der Waals surface area contributed by atoms with E-state index in [4.69, 9.17) is 47.0 Å². The number of phenolic OH excluding ortho intramolecular Hbond substituents is 3. The van der Waals surface area contributed by atoms with Crippen LogP contribution in [0.15, 0.2) is 71.2 Å². The van der Waals surface area contributed by atoms with Crippen LogP contribution in [0, 0.1) is 0 Å². The van der Waals surface area contributed by atoms with Crippen molar-refractivity contribution in [3.63, 3.8) is 0 Å². The quantitative estimate of drug-likeness (QED) is 0.0232. The Morgan fingerprint density at radius 1 is 0.595 bits per heavy atom. The molecule has 4 aliphatic rings. The molecule has 3 aromatic carbocycles. The van der Waals surface area contributed by atoms with Crippen molar-refractivity contribution < 1.29 is 134 Å². The topological polar surface area (TPSA) is 435 Å². The Morgan fingerprint density at radius 2 is 1.19 bits per heavy atom. The monoisotopic (exact) mass is 1050 g/mol. The van der Waals surface area contributed by atoms with Crippen molar-refractivity contribution in [2.75, 3.05) is 26.4 Å². The van der Waals surface area contributed by atoms with Crippen LogP contribution in [0.1, 0.15) is 5.56 Å². The molecular weight excluding hydrogens is 996 g/mol. The molecule has 4 saturated heterocycles. The van der Waals surface area contributed by atoms with Crippen molar-refractivity contribution in [3.05, 3.63) is 72.3 Å². The Bertz CT molecular complexity index is 2580. The summed E-state index contributed by atoms with van der Waals surface area (Å²) in [6.45, 7) is -2.80. The number of rotatable bonds is 15. The van der Waals surface area contributed by atoms with Gasteiger partial charge in [0.15, 0.2) is 23.9 Å². The van der Waals surface area contributed by atoms with Crippen LogP contribution in [0.4, 0.5) is 0 Å². The minimum Gasteiger partial charge on any atom is -0.507 e. The highest BCUT2D eigenvalue weighted by molar-refractivity contribution is 5.89. The molecule has 8 rings (SSSR count). The van der Waals surface area contributed by atoms with Gasteiger partial charge in [0.05, 0.1) is 31.5 Å². The maximum absolute atomic E-state index is 13.1. The van der Waals surface area contributed by atoms with Crippen molar-refractivity contribution in [2.24, 2.45) is 0 Å². The molecule has 1 aromatic heterocycles. The lowest BCUT2D eigenvalue weighted by molar-refractivity contribution is -0.345. The molecule has 7 unspecified atom stereocenters. The van der Waals surface area contributed by atoms with Crippen LogP contribution in [0.25, 0.3) is 28.4 Å². The first-order chi connectivity index (χ1) is 35.3. The maximum atomic E-state index is 13.1. The highest BCUT2D eigenvalue weighted by Gasteiger charge is 2.52. The molecule has 4 aliphatic heterocycles. The zero-order valence-corrected chi connectivity index (χ0v) is 38.4. The normalized spacial score (nSPS) is 35.6. The number of aromatic hydroxyl groups is 3. The van der Waals surface area contributed by atoms with E-state index in [1.54, 1.807) is 0 Å². The van der Waals surface area contributed by atoms with Gasteiger partial charge in [-0.1, -0.05) is 12.1 Å². The second-order valence-electron chi connectivity index (χ2n) is 17.7. The molecule has 0 spiro atoms. The van der Waals surface area contributed by atoms with Gasteiger partial charge in [0.1, 0.15) is 115 Å². The number of fused-ring (bicyclic) bond motifs is 1. The van der Waals surface area contributed by atoms with Crippen molar-refractivity contribution in [1.29, 1.82) is 0 Å². The van der Waals surface area contributed by atoms with Gasteiger partial charge in [-0.25, -0.2) is 9.21 Å². The maximum Gasteiger partial charge on any atom is 0.402 e. The van der Waals surface area contributed by atoms with Crippen molar-refractivity contribution >= 4 is 23.0 Å². The average molecular weight is 1050 g/mol. The third-order valence-electron chi connectivity index (χ3n) is 12.5. The molecule has 404 valence electrons. The molecule has 0 aliphatic carbocycles. The fourth-order valence-electron chi connectivity index (χ4n) is 8.31. The van der Waals surface area contributed by atoms with Crippen LogP contribution < -0.4 is 14.2 Å². The minimum atomic E-state index is -2.06. The second kappa shape index (κ2) is 23.1. The van der Waals surface area contributed by atoms with Crippen LogP contribution in [-0.2, 0) is 33.2 Å². The molecule has 27 nitrogen and oxygen atoms in total. The Kier molecular flexibility index (Phi) is 17.0. The second-order valence-corrected chi connectivity index (χ2v) is 17.7. The number of aliphatic hydroxyl groups excluding tert-OH is 13. The SMILES string of the molecule is O=C(/C=C/c1ccc(O[C@@H]2OC(CO)[C@@H](O)C(O)[C@@H]2O)cc1)OCC1O[C@@H](Oc2cc3c(O[C@@H]4OC(CO)[C@@H](O)C(O)[C@@H]4O)cc(O)cc3[o+]c2-c2ccc(O)c(O)c2)[C@@H](O[C@@H]2OC[C@@H](O)[C@@H](O)C2O)C(O)[C@@H]1O.